The molecule has 1 fully saturated rings. The first-order valence-corrected chi connectivity index (χ1v) is 4.56. The maximum absolute atomic E-state index is 10.8. The predicted octanol–water partition coefficient (Wildman–Crippen LogP) is -0.332. The van der Waals surface area contributed by atoms with Crippen LogP contribution in [0.5, 0.6) is 0 Å². The summed E-state index contributed by atoms with van der Waals surface area (Å²) >= 11 is 1.14. The van der Waals surface area contributed by atoms with E-state index in [0.717, 1.165) is 29.6 Å². The quantitative estimate of drug-likeness (QED) is 0.654. The van der Waals surface area contributed by atoms with Gasteiger partial charge in [-0.2, -0.15) is 0 Å². The normalized spacial score (nSPS) is 18.2. The van der Waals surface area contributed by atoms with Crippen LogP contribution in [0.4, 0.5) is 5.13 Å². The second kappa shape index (κ2) is 3.24. The van der Waals surface area contributed by atoms with Gasteiger partial charge in [0.2, 0.25) is 5.13 Å². The minimum Gasteiger partial charge on any atom is -0.378 e. The summed E-state index contributed by atoms with van der Waals surface area (Å²) in [5, 5.41) is 7.05. The number of nitrogens with one attached hydrogen (secondary N) is 1. The first kappa shape index (κ1) is 7.75. The van der Waals surface area contributed by atoms with Gasteiger partial charge in [0, 0.05) is 13.1 Å². The molecule has 0 radical (unpaired) electrons. The van der Waals surface area contributed by atoms with Gasteiger partial charge in [-0.3, -0.25) is 4.79 Å². The number of ether oxygens (including phenoxy) is 1. The van der Waals surface area contributed by atoms with Crippen molar-refractivity contribution in [3.05, 3.63) is 9.67 Å². The molecule has 0 unspecified atom stereocenters. The van der Waals surface area contributed by atoms with Crippen molar-refractivity contribution in [2.75, 3.05) is 31.2 Å². The summed E-state index contributed by atoms with van der Waals surface area (Å²) in [6.07, 6.45) is 0. The van der Waals surface area contributed by atoms with Crippen LogP contribution in [0, 0.1) is 0 Å². The van der Waals surface area contributed by atoms with Gasteiger partial charge >= 0.3 is 4.87 Å². The Bertz CT molecular complexity index is 302. The monoisotopic (exact) mass is 187 g/mol. The third kappa shape index (κ3) is 1.49. The maximum Gasteiger partial charge on any atom is 0.324 e. The van der Waals surface area contributed by atoms with E-state index in [1.807, 2.05) is 4.90 Å². The number of hydrogen-bond acceptors (Lipinski definition) is 5. The van der Waals surface area contributed by atoms with Gasteiger partial charge in [-0.05, 0) is 11.3 Å². The highest BCUT2D eigenvalue weighted by Crippen LogP contribution is 2.13. The molecule has 0 amide bonds. The van der Waals surface area contributed by atoms with E-state index >= 15 is 0 Å². The van der Waals surface area contributed by atoms with Crippen molar-refractivity contribution < 1.29 is 4.74 Å². The van der Waals surface area contributed by atoms with Gasteiger partial charge < -0.3 is 9.64 Å². The van der Waals surface area contributed by atoms with Crippen LogP contribution in [0.15, 0.2) is 4.79 Å². The summed E-state index contributed by atoms with van der Waals surface area (Å²) in [4.78, 5) is 12.7. The highest BCUT2D eigenvalue weighted by Gasteiger charge is 2.13. The van der Waals surface area contributed by atoms with Gasteiger partial charge in [0.15, 0.2) is 0 Å². The van der Waals surface area contributed by atoms with Crippen molar-refractivity contribution in [2.24, 2.45) is 0 Å². The standard InChI is InChI=1S/C6H9N3O2S/c10-6-8-7-5(12-6)9-1-3-11-4-2-9/h1-4H2,(H,8,10). The molecule has 1 N–H and O–H groups in total. The van der Waals surface area contributed by atoms with Gasteiger partial charge in [-0.15, -0.1) is 5.10 Å². The van der Waals surface area contributed by atoms with Gasteiger partial charge in [-0.25, -0.2) is 5.10 Å². The molecule has 66 valence electrons. The van der Waals surface area contributed by atoms with Crippen LogP contribution in [0.2, 0.25) is 0 Å². The molecule has 1 aliphatic rings. The summed E-state index contributed by atoms with van der Waals surface area (Å²) in [5.41, 5.74) is 0. The Morgan fingerprint density at radius 2 is 2.25 bits per heavy atom. The third-order valence-electron chi connectivity index (χ3n) is 1.71. The van der Waals surface area contributed by atoms with Crippen molar-refractivity contribution >= 4 is 16.5 Å². The van der Waals surface area contributed by atoms with E-state index in [0.29, 0.717) is 13.2 Å². The van der Waals surface area contributed by atoms with Gasteiger partial charge in [0.25, 0.3) is 0 Å². The summed E-state index contributed by atoms with van der Waals surface area (Å²) in [6, 6.07) is 0. The summed E-state index contributed by atoms with van der Waals surface area (Å²) in [5.74, 6) is 0. The van der Waals surface area contributed by atoms with Crippen LogP contribution in [0.25, 0.3) is 0 Å². The summed E-state index contributed by atoms with van der Waals surface area (Å²) < 4.78 is 5.17. The second-order valence-corrected chi connectivity index (χ2v) is 3.44. The van der Waals surface area contributed by atoms with Gasteiger partial charge in [0.1, 0.15) is 0 Å². The van der Waals surface area contributed by atoms with Crippen LogP contribution in [0.3, 0.4) is 0 Å². The number of rotatable bonds is 1. The van der Waals surface area contributed by atoms with Crippen molar-refractivity contribution in [1.82, 2.24) is 10.2 Å². The number of nitrogens with zero attached hydrogens (tertiary/aromatic N) is 2. The van der Waals surface area contributed by atoms with E-state index in [1.54, 1.807) is 0 Å². The minimum absolute atomic E-state index is 0.100. The first-order valence-electron chi connectivity index (χ1n) is 3.74. The molecular formula is C6H9N3O2S. The van der Waals surface area contributed by atoms with E-state index in [2.05, 4.69) is 10.2 Å². The Morgan fingerprint density at radius 1 is 1.50 bits per heavy atom. The van der Waals surface area contributed by atoms with Gasteiger partial charge in [-0.1, -0.05) is 0 Å². The number of anilines is 1. The van der Waals surface area contributed by atoms with Crippen molar-refractivity contribution in [3.8, 4) is 0 Å². The lowest BCUT2D eigenvalue weighted by Crippen LogP contribution is -2.36. The molecular weight excluding hydrogens is 178 g/mol. The zero-order valence-corrected chi connectivity index (χ0v) is 7.26. The van der Waals surface area contributed by atoms with E-state index in [9.17, 15) is 4.79 Å². The topological polar surface area (TPSA) is 58.2 Å². The van der Waals surface area contributed by atoms with Crippen LogP contribution < -0.4 is 9.77 Å². The maximum atomic E-state index is 10.8. The molecule has 1 aromatic heterocycles. The number of hydrogen-bond donors (Lipinski definition) is 1. The van der Waals surface area contributed by atoms with Crippen LogP contribution >= 0.6 is 11.3 Å². The van der Waals surface area contributed by atoms with E-state index in [1.165, 1.54) is 0 Å². The molecule has 0 aromatic carbocycles. The fourth-order valence-electron chi connectivity index (χ4n) is 1.11. The fraction of sp³-hybridized carbons (Fsp3) is 0.667. The van der Waals surface area contributed by atoms with E-state index in [4.69, 9.17) is 4.74 Å². The highest BCUT2D eigenvalue weighted by atomic mass is 32.1. The van der Waals surface area contributed by atoms with Crippen LogP contribution in [-0.2, 0) is 4.74 Å². The first-order chi connectivity index (χ1) is 5.86. The average Bonchev–Trinajstić information content (AvgIpc) is 2.54. The molecule has 0 spiro atoms. The molecule has 1 saturated heterocycles. The van der Waals surface area contributed by atoms with Crippen molar-refractivity contribution in [3.63, 3.8) is 0 Å². The Morgan fingerprint density at radius 3 is 2.83 bits per heavy atom. The highest BCUT2D eigenvalue weighted by molar-refractivity contribution is 7.12. The molecule has 0 aliphatic carbocycles. The Balaban J connectivity index is 2.13. The smallest absolute Gasteiger partial charge is 0.324 e. The Labute approximate surface area is 73.0 Å². The van der Waals surface area contributed by atoms with E-state index in [-0.39, 0.29) is 4.87 Å². The Hall–Kier alpha value is -0.880. The molecule has 12 heavy (non-hydrogen) atoms. The Kier molecular flexibility index (Phi) is 2.09. The lowest BCUT2D eigenvalue weighted by Gasteiger charge is -2.25. The number of morpholine rings is 1. The molecule has 6 heteroatoms. The largest absolute Gasteiger partial charge is 0.378 e. The lowest BCUT2D eigenvalue weighted by atomic mass is 10.5. The molecule has 0 saturated carbocycles. The number of H-pyrrole nitrogens is 1. The number of aromatic nitrogens is 2. The lowest BCUT2D eigenvalue weighted by molar-refractivity contribution is 0.122. The molecule has 5 nitrogen and oxygen atoms in total. The van der Waals surface area contributed by atoms with Crippen molar-refractivity contribution in [1.29, 1.82) is 0 Å². The van der Waals surface area contributed by atoms with Crippen LogP contribution in [0.1, 0.15) is 0 Å². The summed E-state index contributed by atoms with van der Waals surface area (Å²) in [7, 11) is 0. The SMILES string of the molecule is O=c1[nH]nc(N2CCOCC2)s1. The predicted molar refractivity (Wildman–Crippen MR) is 45.8 cm³/mol. The summed E-state index contributed by atoms with van der Waals surface area (Å²) in [6.45, 7) is 3.07. The zero-order valence-electron chi connectivity index (χ0n) is 6.45. The molecule has 2 rings (SSSR count). The van der Waals surface area contributed by atoms with Crippen molar-refractivity contribution in [2.45, 2.75) is 0 Å². The van der Waals surface area contributed by atoms with Crippen LogP contribution in [-0.4, -0.2) is 36.5 Å². The number of aromatic amines is 1. The second-order valence-electron chi connectivity index (χ2n) is 2.50. The average molecular weight is 187 g/mol. The minimum atomic E-state index is -0.100. The fourth-order valence-corrected chi connectivity index (χ4v) is 1.77. The molecule has 0 bridgehead atoms. The zero-order chi connectivity index (χ0) is 8.39. The molecule has 1 aliphatic heterocycles. The van der Waals surface area contributed by atoms with Gasteiger partial charge in [0.05, 0.1) is 13.2 Å². The molecule has 2 heterocycles. The molecule has 0 atom stereocenters. The van der Waals surface area contributed by atoms with E-state index < -0.39 is 0 Å². The molecule has 1 aromatic rings. The third-order valence-corrected chi connectivity index (χ3v) is 2.52.